The van der Waals surface area contributed by atoms with Crippen LogP contribution >= 0.6 is 22.9 Å². The number of rotatable bonds is 4. The smallest absolute Gasteiger partial charge is 0.323 e. The van der Waals surface area contributed by atoms with Crippen LogP contribution in [0.2, 0.25) is 5.02 Å². The highest BCUT2D eigenvalue weighted by atomic mass is 35.5. The van der Waals surface area contributed by atoms with Crippen LogP contribution in [0.15, 0.2) is 57.4 Å². The summed E-state index contributed by atoms with van der Waals surface area (Å²) in [5, 5.41) is 4.38. The molecule has 4 aromatic rings. The Morgan fingerprint density at radius 1 is 1.16 bits per heavy atom. The lowest BCUT2D eigenvalue weighted by atomic mass is 10.1. The average Bonchev–Trinajstić information content (AvgIpc) is 3.21. The Bertz CT molecular complexity index is 1450. The second kappa shape index (κ2) is 8.13. The summed E-state index contributed by atoms with van der Waals surface area (Å²) in [7, 11) is 0. The number of anilines is 1. The highest BCUT2D eigenvalue weighted by molar-refractivity contribution is 7.17. The minimum absolute atomic E-state index is 0.101. The second-order valence-electron chi connectivity index (χ2n) is 7.04. The van der Waals surface area contributed by atoms with Gasteiger partial charge in [0.1, 0.15) is 17.1 Å². The van der Waals surface area contributed by atoms with Crippen LogP contribution in [0.1, 0.15) is 11.1 Å². The maximum atomic E-state index is 13.5. The van der Waals surface area contributed by atoms with Gasteiger partial charge in [-0.05, 0) is 60.7 Å². The molecule has 1 N–H and O–H groups in total. The molecular formula is C22H17ClFN3O3S. The first-order chi connectivity index (χ1) is 14.8. The van der Waals surface area contributed by atoms with Crippen LogP contribution in [0.5, 0.6) is 0 Å². The zero-order chi connectivity index (χ0) is 22.3. The predicted octanol–water partition coefficient (Wildman–Crippen LogP) is 4.26. The first-order valence-electron chi connectivity index (χ1n) is 9.32. The molecule has 0 fully saturated rings. The van der Waals surface area contributed by atoms with Crippen LogP contribution < -0.4 is 16.6 Å². The van der Waals surface area contributed by atoms with Crippen molar-refractivity contribution in [2.75, 3.05) is 5.32 Å². The van der Waals surface area contributed by atoms with Gasteiger partial charge in [0.15, 0.2) is 0 Å². The van der Waals surface area contributed by atoms with Crippen molar-refractivity contribution in [1.82, 2.24) is 9.13 Å². The number of hydrogen-bond acceptors (Lipinski definition) is 4. The van der Waals surface area contributed by atoms with Crippen LogP contribution in [-0.4, -0.2) is 15.0 Å². The SMILES string of the molecule is Cc1cccc(-n2c(=O)c3sccc3n(CC(=O)Nc3cc(F)ccc3Cl)c2=O)c1C. The molecule has 4 rings (SSSR count). The third-order valence-electron chi connectivity index (χ3n) is 5.08. The van der Waals surface area contributed by atoms with E-state index in [9.17, 15) is 18.8 Å². The molecule has 31 heavy (non-hydrogen) atoms. The summed E-state index contributed by atoms with van der Waals surface area (Å²) >= 11 is 7.21. The number of nitrogens with zero attached hydrogens (tertiary/aromatic N) is 2. The van der Waals surface area contributed by atoms with E-state index >= 15 is 0 Å². The largest absolute Gasteiger partial charge is 0.336 e. The molecule has 2 aromatic heterocycles. The van der Waals surface area contributed by atoms with E-state index in [4.69, 9.17) is 11.6 Å². The van der Waals surface area contributed by atoms with E-state index in [1.807, 2.05) is 19.9 Å². The number of fused-ring (bicyclic) bond motifs is 1. The number of hydrogen-bond donors (Lipinski definition) is 1. The van der Waals surface area contributed by atoms with Crippen molar-refractivity contribution in [3.8, 4) is 5.69 Å². The van der Waals surface area contributed by atoms with Gasteiger partial charge in [-0.1, -0.05) is 23.7 Å². The summed E-state index contributed by atoms with van der Waals surface area (Å²) < 4.78 is 16.2. The summed E-state index contributed by atoms with van der Waals surface area (Å²) in [5.74, 6) is -1.13. The van der Waals surface area contributed by atoms with Crippen LogP contribution in [0.4, 0.5) is 10.1 Å². The van der Waals surface area contributed by atoms with E-state index in [-0.39, 0.29) is 17.3 Å². The van der Waals surface area contributed by atoms with E-state index in [1.54, 1.807) is 23.6 Å². The number of nitrogens with one attached hydrogen (secondary N) is 1. The third kappa shape index (κ3) is 3.80. The summed E-state index contributed by atoms with van der Waals surface area (Å²) in [6.45, 7) is 3.35. The van der Waals surface area contributed by atoms with E-state index in [0.717, 1.165) is 21.8 Å². The topological polar surface area (TPSA) is 73.1 Å². The third-order valence-corrected chi connectivity index (χ3v) is 6.30. The predicted molar refractivity (Wildman–Crippen MR) is 121 cm³/mol. The van der Waals surface area contributed by atoms with E-state index in [1.165, 1.54) is 28.0 Å². The fourth-order valence-electron chi connectivity index (χ4n) is 3.36. The van der Waals surface area contributed by atoms with Crippen LogP contribution in [0.3, 0.4) is 0 Å². The number of benzene rings is 2. The van der Waals surface area contributed by atoms with Crippen LogP contribution in [-0.2, 0) is 11.3 Å². The molecule has 0 spiro atoms. The Balaban J connectivity index is 1.83. The van der Waals surface area contributed by atoms with Gasteiger partial charge in [0, 0.05) is 0 Å². The maximum absolute atomic E-state index is 13.5. The molecule has 2 heterocycles. The number of aryl methyl sites for hydroxylation is 1. The molecule has 0 saturated heterocycles. The number of aromatic nitrogens is 2. The number of halogens is 2. The monoisotopic (exact) mass is 457 g/mol. The van der Waals surface area contributed by atoms with Gasteiger partial charge in [-0.3, -0.25) is 14.2 Å². The minimum Gasteiger partial charge on any atom is -0.323 e. The van der Waals surface area contributed by atoms with E-state index in [2.05, 4.69) is 5.32 Å². The molecule has 0 radical (unpaired) electrons. The van der Waals surface area contributed by atoms with Gasteiger partial charge >= 0.3 is 5.69 Å². The highest BCUT2D eigenvalue weighted by Crippen LogP contribution is 2.23. The zero-order valence-electron chi connectivity index (χ0n) is 16.6. The van der Waals surface area contributed by atoms with Gasteiger partial charge in [0.05, 0.1) is 21.9 Å². The molecule has 0 atom stereocenters. The molecule has 6 nitrogen and oxygen atoms in total. The zero-order valence-corrected chi connectivity index (χ0v) is 18.2. The highest BCUT2D eigenvalue weighted by Gasteiger charge is 2.19. The minimum atomic E-state index is -0.634. The molecule has 2 aromatic carbocycles. The fraction of sp³-hybridized carbons (Fsp3) is 0.136. The second-order valence-corrected chi connectivity index (χ2v) is 8.36. The lowest BCUT2D eigenvalue weighted by Crippen LogP contribution is -2.40. The van der Waals surface area contributed by atoms with Crippen molar-refractivity contribution in [3.05, 3.63) is 90.6 Å². The molecule has 0 bridgehead atoms. The quantitative estimate of drug-likeness (QED) is 0.497. The molecule has 158 valence electrons. The Hall–Kier alpha value is -3.23. The lowest BCUT2D eigenvalue weighted by Gasteiger charge is -2.15. The Labute approximate surface area is 185 Å². The molecule has 0 unspecified atom stereocenters. The summed E-state index contributed by atoms with van der Waals surface area (Å²) in [6, 6.07) is 10.6. The van der Waals surface area contributed by atoms with Gasteiger partial charge < -0.3 is 5.32 Å². The van der Waals surface area contributed by atoms with Gasteiger partial charge in [-0.15, -0.1) is 11.3 Å². The molecule has 0 aliphatic rings. The van der Waals surface area contributed by atoms with Crippen molar-refractivity contribution in [1.29, 1.82) is 0 Å². The Morgan fingerprint density at radius 3 is 2.71 bits per heavy atom. The fourth-order valence-corrected chi connectivity index (χ4v) is 4.35. The molecule has 1 amide bonds. The number of carbonyl (C=O) groups is 1. The normalized spacial score (nSPS) is 11.1. The summed E-state index contributed by atoms with van der Waals surface area (Å²) in [4.78, 5) is 39.1. The standard InChI is InChI=1S/C22H17ClFN3O3S/c1-12-4-3-5-17(13(12)2)27-21(29)20-18(8-9-31-20)26(22(27)30)11-19(28)25-16-10-14(24)6-7-15(16)23/h3-10H,11H2,1-2H3,(H,25,28). The van der Waals surface area contributed by atoms with Gasteiger partial charge in [-0.25, -0.2) is 13.8 Å². The number of amides is 1. The lowest BCUT2D eigenvalue weighted by molar-refractivity contribution is -0.116. The van der Waals surface area contributed by atoms with Gasteiger partial charge in [0.2, 0.25) is 5.91 Å². The Morgan fingerprint density at radius 2 is 1.94 bits per heavy atom. The van der Waals surface area contributed by atoms with Gasteiger partial charge in [-0.2, -0.15) is 0 Å². The average molecular weight is 458 g/mol. The van der Waals surface area contributed by atoms with Gasteiger partial charge in [0.25, 0.3) is 5.56 Å². The summed E-state index contributed by atoms with van der Waals surface area (Å²) in [6.07, 6.45) is 0. The van der Waals surface area contributed by atoms with Crippen molar-refractivity contribution < 1.29 is 9.18 Å². The molecular weight excluding hydrogens is 441 g/mol. The Kier molecular flexibility index (Phi) is 5.51. The maximum Gasteiger partial charge on any atom is 0.336 e. The van der Waals surface area contributed by atoms with Crippen LogP contribution in [0.25, 0.3) is 15.9 Å². The van der Waals surface area contributed by atoms with Crippen LogP contribution in [0, 0.1) is 19.7 Å². The number of thiophene rings is 1. The molecule has 0 saturated carbocycles. The molecule has 0 aliphatic heterocycles. The molecule has 0 aliphatic carbocycles. The van der Waals surface area contributed by atoms with E-state index < -0.39 is 23.0 Å². The van der Waals surface area contributed by atoms with Crippen molar-refractivity contribution in [3.63, 3.8) is 0 Å². The van der Waals surface area contributed by atoms with Crippen molar-refractivity contribution in [2.45, 2.75) is 20.4 Å². The first kappa shape index (κ1) is 21.0. The van der Waals surface area contributed by atoms with Crippen molar-refractivity contribution in [2.24, 2.45) is 0 Å². The first-order valence-corrected chi connectivity index (χ1v) is 10.6. The van der Waals surface area contributed by atoms with E-state index in [0.29, 0.717) is 15.9 Å². The number of carbonyl (C=O) groups excluding carboxylic acids is 1. The summed E-state index contributed by atoms with van der Waals surface area (Å²) in [5.41, 5.74) is 1.58. The molecule has 9 heteroatoms. The van der Waals surface area contributed by atoms with Crippen molar-refractivity contribution >= 4 is 44.7 Å².